The van der Waals surface area contributed by atoms with Gasteiger partial charge in [-0.05, 0) is 71.1 Å². The van der Waals surface area contributed by atoms with E-state index < -0.39 is 10.0 Å². The van der Waals surface area contributed by atoms with Gasteiger partial charge in [0.05, 0.1) is 29.4 Å². The van der Waals surface area contributed by atoms with Gasteiger partial charge in [-0.2, -0.15) is 4.31 Å². The second kappa shape index (κ2) is 8.03. The molecule has 0 fully saturated rings. The van der Waals surface area contributed by atoms with Gasteiger partial charge >= 0.3 is 0 Å². The third-order valence-electron chi connectivity index (χ3n) is 3.58. The van der Waals surface area contributed by atoms with Gasteiger partial charge in [-0.1, -0.05) is 12.1 Å². The van der Waals surface area contributed by atoms with E-state index in [9.17, 15) is 8.42 Å². The Bertz CT molecular complexity index is 876. The van der Waals surface area contributed by atoms with E-state index >= 15 is 0 Å². The second-order valence-electron chi connectivity index (χ2n) is 5.37. The average Bonchev–Trinajstić information content (AvgIpc) is 2.63. The fourth-order valence-electron chi connectivity index (χ4n) is 2.33. The number of aromatic nitrogens is 2. The molecule has 0 aliphatic heterocycles. The summed E-state index contributed by atoms with van der Waals surface area (Å²) in [5.74, 6) is 0. The van der Waals surface area contributed by atoms with Crippen LogP contribution in [0.1, 0.15) is 11.4 Å². The fraction of sp³-hybridized carbons (Fsp3) is 0.111. The van der Waals surface area contributed by atoms with Crippen molar-refractivity contribution in [2.24, 2.45) is 0 Å². The Morgan fingerprint density at radius 2 is 1.32 bits per heavy atom. The molecule has 5 nitrogen and oxygen atoms in total. The van der Waals surface area contributed by atoms with Gasteiger partial charge in [0.25, 0.3) is 0 Å². The van der Waals surface area contributed by atoms with Crippen molar-refractivity contribution in [2.75, 3.05) is 0 Å². The number of nitrogens with zero attached hydrogens (tertiary/aromatic N) is 3. The summed E-state index contributed by atoms with van der Waals surface area (Å²) < 4.78 is 28.6. The molecule has 0 spiro atoms. The zero-order valence-electron chi connectivity index (χ0n) is 13.3. The third kappa shape index (κ3) is 4.62. The van der Waals surface area contributed by atoms with Crippen molar-refractivity contribution in [2.45, 2.75) is 18.0 Å². The number of hydrogen-bond acceptors (Lipinski definition) is 4. The normalized spacial score (nSPS) is 11.6. The molecule has 0 radical (unpaired) electrons. The summed E-state index contributed by atoms with van der Waals surface area (Å²) in [4.78, 5) is 8.77. The van der Waals surface area contributed by atoms with E-state index in [1.165, 1.54) is 4.31 Å². The lowest BCUT2D eigenvalue weighted by Gasteiger charge is -2.21. The van der Waals surface area contributed by atoms with Crippen LogP contribution in [-0.4, -0.2) is 22.7 Å². The lowest BCUT2D eigenvalue weighted by molar-refractivity contribution is 0.393. The van der Waals surface area contributed by atoms with E-state index in [4.69, 9.17) is 0 Å². The number of rotatable bonds is 6. The lowest BCUT2D eigenvalue weighted by atomic mass is 10.3. The van der Waals surface area contributed by atoms with Crippen LogP contribution in [0, 0.1) is 3.57 Å². The van der Waals surface area contributed by atoms with Crippen LogP contribution in [0.25, 0.3) is 0 Å². The predicted molar refractivity (Wildman–Crippen MR) is 104 cm³/mol. The Morgan fingerprint density at radius 3 is 1.76 bits per heavy atom. The zero-order valence-corrected chi connectivity index (χ0v) is 16.3. The first-order valence-electron chi connectivity index (χ1n) is 7.61. The molecule has 0 bridgehead atoms. The van der Waals surface area contributed by atoms with Crippen LogP contribution < -0.4 is 0 Å². The second-order valence-corrected chi connectivity index (χ2v) is 8.55. The average molecular weight is 465 g/mol. The van der Waals surface area contributed by atoms with Crippen molar-refractivity contribution < 1.29 is 8.42 Å². The highest BCUT2D eigenvalue weighted by Gasteiger charge is 2.25. The minimum absolute atomic E-state index is 0.186. The minimum atomic E-state index is -3.66. The van der Waals surface area contributed by atoms with Crippen molar-refractivity contribution >= 4 is 32.6 Å². The number of pyridine rings is 2. The molecule has 3 rings (SSSR count). The summed E-state index contributed by atoms with van der Waals surface area (Å²) in [6.45, 7) is 0.372. The van der Waals surface area contributed by atoms with Crippen LogP contribution in [0.4, 0.5) is 0 Å². The molecule has 0 atom stereocenters. The molecule has 0 saturated heterocycles. The number of hydrogen-bond donors (Lipinski definition) is 0. The van der Waals surface area contributed by atoms with Gasteiger partial charge in [0.15, 0.2) is 0 Å². The number of halogens is 1. The highest BCUT2D eigenvalue weighted by molar-refractivity contribution is 14.1. The van der Waals surface area contributed by atoms with Crippen LogP contribution >= 0.6 is 22.6 Å². The predicted octanol–water partition coefficient (Wildman–Crippen LogP) is 3.47. The summed E-state index contributed by atoms with van der Waals surface area (Å²) in [6, 6.07) is 17.8. The largest absolute Gasteiger partial charge is 0.260 e. The molecule has 0 aliphatic rings. The quantitative estimate of drug-likeness (QED) is 0.524. The summed E-state index contributed by atoms with van der Waals surface area (Å²) >= 11 is 2.15. The molecule has 2 aromatic heterocycles. The van der Waals surface area contributed by atoms with Gasteiger partial charge in [-0.15, -0.1) is 0 Å². The molecule has 25 heavy (non-hydrogen) atoms. The third-order valence-corrected chi connectivity index (χ3v) is 6.11. The van der Waals surface area contributed by atoms with Gasteiger partial charge in [0.1, 0.15) is 0 Å². The first-order valence-corrected chi connectivity index (χ1v) is 10.1. The van der Waals surface area contributed by atoms with Crippen molar-refractivity contribution in [3.8, 4) is 0 Å². The van der Waals surface area contributed by atoms with Crippen LogP contribution in [0.15, 0.2) is 78.0 Å². The Labute approximate surface area is 160 Å². The van der Waals surface area contributed by atoms with Gasteiger partial charge < -0.3 is 0 Å². The van der Waals surface area contributed by atoms with Crippen molar-refractivity contribution in [1.29, 1.82) is 0 Å². The number of sulfonamides is 1. The Kier molecular flexibility index (Phi) is 5.77. The molecule has 0 saturated carbocycles. The molecule has 2 heterocycles. The first kappa shape index (κ1) is 18.0. The summed E-state index contributed by atoms with van der Waals surface area (Å²) in [5, 5.41) is 0. The van der Waals surface area contributed by atoms with Gasteiger partial charge in [-0.3, -0.25) is 9.97 Å². The topological polar surface area (TPSA) is 63.2 Å². The Hall–Kier alpha value is -1.84. The molecule has 0 amide bonds. The molecule has 1 aromatic carbocycles. The monoisotopic (exact) mass is 465 g/mol. The maximum atomic E-state index is 13.1. The summed E-state index contributed by atoms with van der Waals surface area (Å²) in [6.07, 6.45) is 3.32. The van der Waals surface area contributed by atoms with E-state index in [1.54, 1.807) is 48.8 Å². The van der Waals surface area contributed by atoms with Crippen LogP contribution in [0.3, 0.4) is 0 Å². The first-order chi connectivity index (χ1) is 12.1. The molecule has 0 aliphatic carbocycles. The molecule has 3 aromatic rings. The SMILES string of the molecule is O=S(=O)(c1ccc(I)cc1)N(Cc1ccccn1)Cc1ccccn1. The van der Waals surface area contributed by atoms with Gasteiger partial charge in [0, 0.05) is 16.0 Å². The van der Waals surface area contributed by atoms with Crippen LogP contribution in [0.5, 0.6) is 0 Å². The van der Waals surface area contributed by atoms with Crippen LogP contribution in [0.2, 0.25) is 0 Å². The summed E-state index contributed by atoms with van der Waals surface area (Å²) in [7, 11) is -3.66. The molecule has 0 unspecified atom stereocenters. The Morgan fingerprint density at radius 1 is 0.800 bits per heavy atom. The molecule has 0 N–H and O–H groups in total. The molecular formula is C18H16IN3O2S. The highest BCUT2D eigenvalue weighted by Crippen LogP contribution is 2.21. The molecular weight excluding hydrogens is 449 g/mol. The van der Waals surface area contributed by atoms with Gasteiger partial charge in [-0.25, -0.2) is 8.42 Å². The smallest absolute Gasteiger partial charge is 0.243 e. The van der Waals surface area contributed by atoms with Crippen molar-refractivity contribution in [3.05, 3.63) is 88.0 Å². The fourth-order valence-corrected chi connectivity index (χ4v) is 4.07. The van der Waals surface area contributed by atoms with Crippen LogP contribution in [-0.2, 0) is 23.1 Å². The highest BCUT2D eigenvalue weighted by atomic mass is 127. The van der Waals surface area contributed by atoms with E-state index in [-0.39, 0.29) is 18.0 Å². The van der Waals surface area contributed by atoms with E-state index in [2.05, 4.69) is 32.6 Å². The van der Waals surface area contributed by atoms with Crippen molar-refractivity contribution in [1.82, 2.24) is 14.3 Å². The van der Waals surface area contributed by atoms with Crippen molar-refractivity contribution in [3.63, 3.8) is 0 Å². The van der Waals surface area contributed by atoms with E-state index in [0.29, 0.717) is 11.4 Å². The maximum absolute atomic E-state index is 13.1. The van der Waals surface area contributed by atoms with E-state index in [1.807, 2.05) is 24.3 Å². The number of benzene rings is 1. The zero-order chi connectivity index (χ0) is 17.7. The lowest BCUT2D eigenvalue weighted by Crippen LogP contribution is -2.31. The van der Waals surface area contributed by atoms with E-state index in [0.717, 1.165) is 3.57 Å². The molecule has 128 valence electrons. The minimum Gasteiger partial charge on any atom is -0.260 e. The standard InChI is InChI=1S/C18H16IN3O2S/c19-15-7-9-18(10-8-15)25(23,24)22(13-16-5-1-3-11-20-16)14-17-6-2-4-12-21-17/h1-12H,13-14H2. The summed E-state index contributed by atoms with van der Waals surface area (Å²) in [5.41, 5.74) is 1.38. The van der Waals surface area contributed by atoms with Gasteiger partial charge in [0.2, 0.25) is 10.0 Å². The molecule has 7 heteroatoms. The Balaban J connectivity index is 1.95. The maximum Gasteiger partial charge on any atom is 0.243 e.